The molecule has 2 rings (SSSR count). The third kappa shape index (κ3) is 4.62. The molecule has 2 aromatic carbocycles. The molecule has 0 aliphatic heterocycles. The van der Waals surface area contributed by atoms with Crippen LogP contribution in [0, 0.1) is 0 Å². The molecule has 0 unspecified atom stereocenters. The van der Waals surface area contributed by atoms with E-state index in [1.807, 2.05) is 36.4 Å². The van der Waals surface area contributed by atoms with Gasteiger partial charge < -0.3 is 10.1 Å². The number of anilines is 1. The summed E-state index contributed by atoms with van der Waals surface area (Å²) >= 11 is 0. The highest BCUT2D eigenvalue weighted by molar-refractivity contribution is 5.93. The van der Waals surface area contributed by atoms with Crippen LogP contribution in [0.15, 0.2) is 48.5 Å². The van der Waals surface area contributed by atoms with Gasteiger partial charge in [0.25, 0.3) is 0 Å². The predicted octanol–water partition coefficient (Wildman–Crippen LogP) is 4.22. The SMILES string of the molecule is CCCCc1ccc(CC(=O)Nc2ccccc2OC)cc1. The fraction of sp³-hybridized carbons (Fsp3) is 0.316. The van der Waals surface area contributed by atoms with Crippen molar-refractivity contribution in [2.45, 2.75) is 32.6 Å². The van der Waals surface area contributed by atoms with Gasteiger partial charge in [-0.2, -0.15) is 0 Å². The van der Waals surface area contributed by atoms with Crippen LogP contribution in [0.3, 0.4) is 0 Å². The quantitative estimate of drug-likeness (QED) is 0.831. The lowest BCUT2D eigenvalue weighted by atomic mass is 10.0. The summed E-state index contributed by atoms with van der Waals surface area (Å²) in [6.45, 7) is 2.19. The highest BCUT2D eigenvalue weighted by Gasteiger charge is 2.07. The summed E-state index contributed by atoms with van der Waals surface area (Å²) in [4.78, 5) is 12.1. The van der Waals surface area contributed by atoms with Crippen LogP contribution in [0.1, 0.15) is 30.9 Å². The van der Waals surface area contributed by atoms with Gasteiger partial charge in [0.15, 0.2) is 0 Å². The second kappa shape index (κ2) is 8.23. The Kier molecular flexibility index (Phi) is 6.01. The summed E-state index contributed by atoms with van der Waals surface area (Å²) in [5, 5.41) is 2.89. The number of nitrogens with one attached hydrogen (secondary N) is 1. The van der Waals surface area contributed by atoms with Gasteiger partial charge in [-0.05, 0) is 36.1 Å². The zero-order valence-corrected chi connectivity index (χ0v) is 13.3. The molecule has 2 aromatic rings. The van der Waals surface area contributed by atoms with Crippen molar-refractivity contribution in [3.05, 3.63) is 59.7 Å². The Bertz CT molecular complexity index is 605. The van der Waals surface area contributed by atoms with E-state index in [9.17, 15) is 4.79 Å². The van der Waals surface area contributed by atoms with Crippen molar-refractivity contribution in [1.29, 1.82) is 0 Å². The predicted molar refractivity (Wildman–Crippen MR) is 90.4 cm³/mol. The summed E-state index contributed by atoms with van der Waals surface area (Å²) in [5.41, 5.74) is 3.05. The Labute approximate surface area is 132 Å². The Morgan fingerprint density at radius 2 is 1.73 bits per heavy atom. The number of hydrogen-bond donors (Lipinski definition) is 1. The van der Waals surface area contributed by atoms with Crippen molar-refractivity contribution in [1.82, 2.24) is 0 Å². The number of aryl methyl sites for hydroxylation is 1. The minimum absolute atomic E-state index is 0.0363. The van der Waals surface area contributed by atoms with E-state index in [1.54, 1.807) is 7.11 Å². The average molecular weight is 297 g/mol. The second-order valence-electron chi connectivity index (χ2n) is 5.35. The van der Waals surface area contributed by atoms with Crippen molar-refractivity contribution in [3.8, 4) is 5.75 Å². The van der Waals surface area contributed by atoms with Crippen LogP contribution >= 0.6 is 0 Å². The van der Waals surface area contributed by atoms with Crippen LogP contribution in [0.4, 0.5) is 5.69 Å². The molecule has 3 nitrogen and oxygen atoms in total. The van der Waals surface area contributed by atoms with E-state index >= 15 is 0 Å². The van der Waals surface area contributed by atoms with E-state index < -0.39 is 0 Å². The fourth-order valence-corrected chi connectivity index (χ4v) is 2.33. The lowest BCUT2D eigenvalue weighted by Crippen LogP contribution is -2.15. The molecule has 0 spiro atoms. The maximum atomic E-state index is 12.1. The highest BCUT2D eigenvalue weighted by Crippen LogP contribution is 2.23. The molecule has 0 heterocycles. The monoisotopic (exact) mass is 297 g/mol. The van der Waals surface area contributed by atoms with E-state index in [0.717, 1.165) is 12.0 Å². The summed E-state index contributed by atoms with van der Waals surface area (Å²) in [6, 6.07) is 15.7. The van der Waals surface area contributed by atoms with E-state index in [-0.39, 0.29) is 5.91 Å². The number of unbranched alkanes of at least 4 members (excludes halogenated alkanes) is 1. The number of carbonyl (C=O) groups is 1. The third-order valence-electron chi connectivity index (χ3n) is 3.59. The molecular weight excluding hydrogens is 274 g/mol. The zero-order valence-electron chi connectivity index (χ0n) is 13.3. The molecule has 0 atom stereocenters. The molecule has 0 bridgehead atoms. The number of hydrogen-bond acceptors (Lipinski definition) is 2. The molecule has 0 fully saturated rings. The van der Waals surface area contributed by atoms with E-state index in [0.29, 0.717) is 17.9 Å². The molecule has 0 aromatic heterocycles. The Balaban J connectivity index is 1.94. The van der Waals surface area contributed by atoms with Crippen LogP contribution in [0.2, 0.25) is 0 Å². The minimum atomic E-state index is -0.0363. The largest absolute Gasteiger partial charge is 0.495 e. The average Bonchev–Trinajstić information content (AvgIpc) is 2.54. The van der Waals surface area contributed by atoms with Gasteiger partial charge in [0.2, 0.25) is 5.91 Å². The van der Waals surface area contributed by atoms with Gasteiger partial charge in [-0.25, -0.2) is 0 Å². The number of ether oxygens (including phenoxy) is 1. The topological polar surface area (TPSA) is 38.3 Å². The van der Waals surface area contributed by atoms with Gasteiger partial charge in [0.05, 0.1) is 19.2 Å². The summed E-state index contributed by atoms with van der Waals surface area (Å²) in [7, 11) is 1.60. The van der Waals surface area contributed by atoms with Crippen LogP contribution < -0.4 is 10.1 Å². The standard InChI is InChI=1S/C19H23NO2/c1-3-4-7-15-10-12-16(13-11-15)14-19(21)20-17-8-5-6-9-18(17)22-2/h5-6,8-13H,3-4,7,14H2,1-2H3,(H,20,21). The number of benzene rings is 2. The Morgan fingerprint density at radius 3 is 2.41 bits per heavy atom. The first kappa shape index (κ1) is 16.1. The molecule has 0 saturated heterocycles. The van der Waals surface area contributed by atoms with Gasteiger partial charge in [-0.1, -0.05) is 49.7 Å². The maximum Gasteiger partial charge on any atom is 0.228 e. The van der Waals surface area contributed by atoms with Crippen LogP contribution in [0.25, 0.3) is 0 Å². The molecule has 0 saturated carbocycles. The molecular formula is C19H23NO2. The van der Waals surface area contributed by atoms with Crippen molar-refractivity contribution in [3.63, 3.8) is 0 Å². The number of rotatable bonds is 7. The first-order chi connectivity index (χ1) is 10.7. The molecule has 1 amide bonds. The molecule has 3 heteroatoms. The number of para-hydroxylation sites is 2. The first-order valence-corrected chi connectivity index (χ1v) is 7.73. The minimum Gasteiger partial charge on any atom is -0.495 e. The number of methoxy groups -OCH3 is 1. The smallest absolute Gasteiger partial charge is 0.228 e. The van der Waals surface area contributed by atoms with Gasteiger partial charge in [0.1, 0.15) is 5.75 Å². The highest BCUT2D eigenvalue weighted by atomic mass is 16.5. The maximum absolute atomic E-state index is 12.1. The van der Waals surface area contributed by atoms with Crippen molar-refractivity contribution in [2.75, 3.05) is 12.4 Å². The molecule has 0 radical (unpaired) electrons. The first-order valence-electron chi connectivity index (χ1n) is 7.73. The number of amides is 1. The molecule has 116 valence electrons. The van der Waals surface area contributed by atoms with Crippen LogP contribution in [0.5, 0.6) is 5.75 Å². The summed E-state index contributed by atoms with van der Waals surface area (Å²) in [6.07, 6.45) is 3.87. The second-order valence-corrected chi connectivity index (χ2v) is 5.35. The fourth-order valence-electron chi connectivity index (χ4n) is 2.33. The Morgan fingerprint density at radius 1 is 1.05 bits per heavy atom. The van der Waals surface area contributed by atoms with Crippen molar-refractivity contribution >= 4 is 11.6 Å². The summed E-state index contributed by atoms with van der Waals surface area (Å²) in [5.74, 6) is 0.636. The Hall–Kier alpha value is -2.29. The van der Waals surface area contributed by atoms with Gasteiger partial charge >= 0.3 is 0 Å². The van der Waals surface area contributed by atoms with Crippen molar-refractivity contribution < 1.29 is 9.53 Å². The molecule has 0 aliphatic carbocycles. The van der Waals surface area contributed by atoms with Crippen LogP contribution in [-0.4, -0.2) is 13.0 Å². The lowest BCUT2D eigenvalue weighted by Gasteiger charge is -2.10. The molecule has 1 N–H and O–H groups in total. The normalized spacial score (nSPS) is 10.3. The van der Waals surface area contributed by atoms with Gasteiger partial charge in [-0.3, -0.25) is 4.79 Å². The van der Waals surface area contributed by atoms with E-state index in [4.69, 9.17) is 4.74 Å². The molecule has 22 heavy (non-hydrogen) atoms. The number of carbonyl (C=O) groups excluding carboxylic acids is 1. The van der Waals surface area contributed by atoms with E-state index in [1.165, 1.54) is 18.4 Å². The van der Waals surface area contributed by atoms with Crippen LogP contribution in [-0.2, 0) is 17.6 Å². The lowest BCUT2D eigenvalue weighted by molar-refractivity contribution is -0.115. The van der Waals surface area contributed by atoms with Gasteiger partial charge in [0, 0.05) is 0 Å². The zero-order chi connectivity index (χ0) is 15.8. The van der Waals surface area contributed by atoms with E-state index in [2.05, 4.69) is 24.4 Å². The van der Waals surface area contributed by atoms with Crippen molar-refractivity contribution in [2.24, 2.45) is 0 Å². The van der Waals surface area contributed by atoms with Gasteiger partial charge in [-0.15, -0.1) is 0 Å². The summed E-state index contributed by atoms with van der Waals surface area (Å²) < 4.78 is 5.23. The third-order valence-corrected chi connectivity index (χ3v) is 3.59. The molecule has 0 aliphatic rings.